The van der Waals surface area contributed by atoms with Gasteiger partial charge in [0.1, 0.15) is 18.2 Å². The number of nitrogens with zero attached hydrogens (tertiary/aromatic N) is 3. The van der Waals surface area contributed by atoms with Crippen LogP contribution < -0.4 is 0 Å². The topological polar surface area (TPSA) is 119 Å². The number of hydrogen-bond acceptors (Lipinski definition) is 7. The highest BCUT2D eigenvalue weighted by atomic mass is 32.2. The Hall–Kier alpha value is -3.77. The number of para-hydroxylation sites is 2. The van der Waals surface area contributed by atoms with E-state index < -0.39 is 18.3 Å². The average Bonchev–Trinajstić information content (AvgIpc) is 3.20. The molecule has 0 bridgehead atoms. The maximum absolute atomic E-state index is 12.6. The van der Waals surface area contributed by atoms with Crippen LogP contribution in [0.25, 0.3) is 16.6 Å². The second-order valence-corrected chi connectivity index (χ2v) is 7.70. The molecule has 8 nitrogen and oxygen atoms in total. The lowest BCUT2D eigenvalue weighted by Gasteiger charge is -2.12. The highest BCUT2D eigenvalue weighted by Gasteiger charge is 2.18. The lowest BCUT2D eigenvalue weighted by Crippen LogP contribution is -2.23. The van der Waals surface area contributed by atoms with E-state index in [2.05, 4.69) is 9.97 Å². The van der Waals surface area contributed by atoms with Gasteiger partial charge in [-0.05, 0) is 24.3 Å². The first-order chi connectivity index (χ1) is 14.9. The van der Waals surface area contributed by atoms with E-state index in [0.717, 1.165) is 0 Å². The number of esters is 1. The van der Waals surface area contributed by atoms with Crippen molar-refractivity contribution >= 4 is 40.2 Å². The van der Waals surface area contributed by atoms with Crippen LogP contribution in [0.3, 0.4) is 0 Å². The number of nitrogens with one attached hydrogen (secondary N) is 1. The van der Waals surface area contributed by atoms with E-state index in [4.69, 9.17) is 4.74 Å². The smallest absolute Gasteiger partial charge is 0.339 e. The van der Waals surface area contributed by atoms with Crippen LogP contribution in [-0.4, -0.2) is 58.3 Å². The summed E-state index contributed by atoms with van der Waals surface area (Å²) < 4.78 is 5.21. The number of aromatic nitrogens is 2. The van der Waals surface area contributed by atoms with Gasteiger partial charge in [-0.25, -0.2) is 9.78 Å². The van der Waals surface area contributed by atoms with E-state index in [-0.39, 0.29) is 28.6 Å². The van der Waals surface area contributed by atoms with Gasteiger partial charge < -0.3 is 19.7 Å². The highest BCUT2D eigenvalue weighted by molar-refractivity contribution is 8.00. The predicted octanol–water partition coefficient (Wildman–Crippen LogP) is 3.39. The number of thioether (sulfide) groups is 1. The molecule has 1 heterocycles. The summed E-state index contributed by atoms with van der Waals surface area (Å²) in [6.45, 7) is -0.492. The second kappa shape index (κ2) is 9.82. The molecule has 0 spiro atoms. The quantitative estimate of drug-likeness (QED) is 0.252. The molecule has 31 heavy (non-hydrogen) atoms. The van der Waals surface area contributed by atoms with Crippen molar-refractivity contribution in [3.63, 3.8) is 0 Å². The third kappa shape index (κ3) is 5.24. The van der Waals surface area contributed by atoms with Gasteiger partial charge in [0.25, 0.3) is 0 Å². The number of benzene rings is 2. The molecule has 0 atom stereocenters. The number of ether oxygens (including phenoxy) is 1. The first-order valence-electron chi connectivity index (χ1n) is 9.27. The van der Waals surface area contributed by atoms with Crippen LogP contribution in [0.1, 0.15) is 16.2 Å². The van der Waals surface area contributed by atoms with Gasteiger partial charge in [0, 0.05) is 19.0 Å². The minimum atomic E-state index is -0.672. The third-order valence-corrected chi connectivity index (χ3v) is 5.38. The summed E-state index contributed by atoms with van der Waals surface area (Å²) in [6.07, 6.45) is 0. The molecule has 0 fully saturated rings. The van der Waals surface area contributed by atoms with E-state index in [1.165, 1.54) is 16.7 Å². The summed E-state index contributed by atoms with van der Waals surface area (Å²) in [5.74, 6) is -0.807. The van der Waals surface area contributed by atoms with Gasteiger partial charge >= 0.3 is 5.97 Å². The van der Waals surface area contributed by atoms with Crippen LogP contribution in [0.2, 0.25) is 0 Å². The standard InChI is InChI=1S/C22H20N4O4S/c1-26(2)20(28)13-31-19-10-6-3-7-14(19)22(29)30-12-18(27)15(11-23)21-24-16-8-4-5-9-17(16)25-21/h3-10,27H,12-13H2,1-2H3,(H,24,25). The molecular formula is C22H20N4O4S. The first kappa shape index (κ1) is 21.9. The summed E-state index contributed by atoms with van der Waals surface area (Å²) in [6, 6.07) is 15.8. The number of aliphatic hydroxyl groups is 1. The minimum absolute atomic E-state index is 0.0850. The van der Waals surface area contributed by atoms with E-state index in [1.54, 1.807) is 50.5 Å². The number of nitriles is 1. The number of allylic oxidation sites excluding steroid dienone is 1. The number of carbonyl (C=O) groups is 2. The number of aliphatic hydroxyl groups excluding tert-OH is 1. The van der Waals surface area contributed by atoms with Crippen molar-refractivity contribution < 1.29 is 19.4 Å². The van der Waals surface area contributed by atoms with Crippen LogP contribution >= 0.6 is 11.8 Å². The van der Waals surface area contributed by atoms with Gasteiger partial charge in [-0.2, -0.15) is 5.26 Å². The summed E-state index contributed by atoms with van der Waals surface area (Å²) in [4.78, 5) is 33.7. The van der Waals surface area contributed by atoms with Gasteiger partial charge in [-0.1, -0.05) is 24.3 Å². The summed E-state index contributed by atoms with van der Waals surface area (Å²) in [5, 5.41) is 19.8. The molecular weight excluding hydrogens is 416 g/mol. The zero-order chi connectivity index (χ0) is 22.4. The predicted molar refractivity (Wildman–Crippen MR) is 117 cm³/mol. The number of H-pyrrole nitrogens is 1. The Balaban J connectivity index is 1.73. The molecule has 0 saturated carbocycles. The van der Waals surface area contributed by atoms with Crippen LogP contribution in [0.15, 0.2) is 59.2 Å². The van der Waals surface area contributed by atoms with Crippen molar-refractivity contribution in [2.45, 2.75) is 4.90 Å². The Morgan fingerprint density at radius 2 is 1.90 bits per heavy atom. The summed E-state index contributed by atoms with van der Waals surface area (Å²) >= 11 is 1.22. The van der Waals surface area contributed by atoms with Crippen LogP contribution in [0, 0.1) is 11.3 Å². The molecule has 158 valence electrons. The van der Waals surface area contributed by atoms with Gasteiger partial charge in [0.2, 0.25) is 5.91 Å². The molecule has 2 N–H and O–H groups in total. The molecule has 0 aliphatic heterocycles. The van der Waals surface area contributed by atoms with Gasteiger partial charge in [0.05, 0.1) is 22.3 Å². The number of rotatable bonds is 7. The second-order valence-electron chi connectivity index (χ2n) is 6.69. The van der Waals surface area contributed by atoms with Crippen molar-refractivity contribution in [2.24, 2.45) is 0 Å². The fourth-order valence-corrected chi connectivity index (χ4v) is 3.66. The lowest BCUT2D eigenvalue weighted by molar-refractivity contribution is -0.125. The molecule has 0 aliphatic carbocycles. The van der Waals surface area contributed by atoms with E-state index in [1.807, 2.05) is 18.2 Å². The number of aromatic amines is 1. The van der Waals surface area contributed by atoms with Gasteiger partial charge in [0.15, 0.2) is 11.6 Å². The van der Waals surface area contributed by atoms with E-state index in [9.17, 15) is 20.0 Å². The molecule has 1 aromatic heterocycles. The number of carbonyl (C=O) groups excluding carboxylic acids is 2. The number of hydrogen-bond donors (Lipinski definition) is 2. The number of amides is 1. The first-order valence-corrected chi connectivity index (χ1v) is 10.3. The number of fused-ring (bicyclic) bond motifs is 1. The fourth-order valence-electron chi connectivity index (χ4n) is 2.64. The largest absolute Gasteiger partial charge is 0.507 e. The Labute approximate surface area is 183 Å². The molecule has 9 heteroatoms. The minimum Gasteiger partial charge on any atom is -0.507 e. The van der Waals surface area contributed by atoms with Gasteiger partial charge in [-0.15, -0.1) is 11.8 Å². The van der Waals surface area contributed by atoms with Crippen molar-refractivity contribution in [1.29, 1.82) is 5.26 Å². The average molecular weight is 436 g/mol. The van der Waals surface area contributed by atoms with E-state index in [0.29, 0.717) is 15.9 Å². The fraction of sp³-hybridized carbons (Fsp3) is 0.182. The molecule has 0 saturated heterocycles. The van der Waals surface area contributed by atoms with Crippen molar-refractivity contribution in [2.75, 3.05) is 26.5 Å². The normalized spacial score (nSPS) is 11.5. The van der Waals surface area contributed by atoms with Crippen LogP contribution in [0.5, 0.6) is 0 Å². The Bertz CT molecular complexity index is 1160. The number of imidazole rings is 1. The van der Waals surface area contributed by atoms with Crippen molar-refractivity contribution in [3.8, 4) is 6.07 Å². The maximum atomic E-state index is 12.6. The van der Waals surface area contributed by atoms with Crippen LogP contribution in [-0.2, 0) is 9.53 Å². The van der Waals surface area contributed by atoms with Crippen LogP contribution in [0.4, 0.5) is 0 Å². The molecule has 1 amide bonds. The summed E-state index contributed by atoms with van der Waals surface area (Å²) in [5.41, 5.74) is 1.53. The van der Waals surface area contributed by atoms with E-state index >= 15 is 0 Å². The molecule has 3 rings (SSSR count). The zero-order valence-electron chi connectivity index (χ0n) is 17.0. The highest BCUT2D eigenvalue weighted by Crippen LogP contribution is 2.24. The maximum Gasteiger partial charge on any atom is 0.339 e. The zero-order valence-corrected chi connectivity index (χ0v) is 17.8. The summed E-state index contributed by atoms with van der Waals surface area (Å²) in [7, 11) is 3.32. The van der Waals surface area contributed by atoms with Gasteiger partial charge in [-0.3, -0.25) is 4.79 Å². The Morgan fingerprint density at radius 3 is 2.61 bits per heavy atom. The Morgan fingerprint density at radius 1 is 1.19 bits per heavy atom. The monoisotopic (exact) mass is 436 g/mol. The Kier molecular flexibility index (Phi) is 6.95. The molecule has 0 radical (unpaired) electrons. The van der Waals surface area contributed by atoms with Crippen molar-refractivity contribution in [3.05, 3.63) is 65.7 Å². The van der Waals surface area contributed by atoms with Crippen molar-refractivity contribution in [1.82, 2.24) is 14.9 Å². The SMILES string of the molecule is CN(C)C(=O)CSc1ccccc1C(=O)OCC(O)=C(C#N)c1nc2ccccc2[nH]1. The molecule has 2 aromatic carbocycles. The molecule has 0 unspecified atom stereocenters. The lowest BCUT2D eigenvalue weighted by atomic mass is 10.2. The third-order valence-electron chi connectivity index (χ3n) is 4.32. The molecule has 3 aromatic rings. The molecule has 0 aliphatic rings.